The van der Waals surface area contributed by atoms with Gasteiger partial charge >= 0.3 is 0 Å². The van der Waals surface area contributed by atoms with Crippen molar-refractivity contribution in [1.82, 2.24) is 10.3 Å². The van der Waals surface area contributed by atoms with Crippen molar-refractivity contribution in [2.24, 2.45) is 0 Å². The number of hydrogen-bond donors (Lipinski definition) is 1. The number of nitrogens with one attached hydrogen (secondary N) is 1. The van der Waals surface area contributed by atoms with Gasteiger partial charge in [0.2, 0.25) is 0 Å². The summed E-state index contributed by atoms with van der Waals surface area (Å²) < 4.78 is 5.61. The smallest absolute Gasteiger partial charge is 0.125 e. The molecule has 1 N–H and O–H groups in total. The number of hydrogen-bond acceptors (Lipinski definition) is 3. The second-order valence-corrected chi connectivity index (χ2v) is 4.85. The van der Waals surface area contributed by atoms with E-state index in [1.165, 1.54) is 5.39 Å². The lowest BCUT2D eigenvalue weighted by Crippen LogP contribution is -2.23. The van der Waals surface area contributed by atoms with Crippen molar-refractivity contribution in [2.75, 3.05) is 6.54 Å². The lowest BCUT2D eigenvalue weighted by Gasteiger charge is -2.18. The van der Waals surface area contributed by atoms with Gasteiger partial charge < -0.3 is 9.73 Å². The van der Waals surface area contributed by atoms with Gasteiger partial charge in [-0.15, -0.1) is 0 Å². The Kier molecular flexibility index (Phi) is 3.79. The van der Waals surface area contributed by atoms with Gasteiger partial charge in [0, 0.05) is 23.3 Å². The molecule has 0 aliphatic rings. The summed E-state index contributed by atoms with van der Waals surface area (Å²) in [5, 5.41) is 5.91. The highest BCUT2D eigenvalue weighted by Crippen LogP contribution is 2.28. The van der Waals surface area contributed by atoms with E-state index in [4.69, 9.17) is 4.42 Å². The maximum atomic E-state index is 5.61. The molecule has 1 aromatic carbocycles. The first kappa shape index (κ1) is 12.9. The molecule has 2 aromatic heterocycles. The van der Waals surface area contributed by atoms with E-state index >= 15 is 0 Å². The molecule has 20 heavy (non-hydrogen) atoms. The molecular formula is C17H18N2O. The Balaban J connectivity index is 2.09. The van der Waals surface area contributed by atoms with Crippen LogP contribution in [0.4, 0.5) is 0 Å². The standard InChI is InChI=1S/C17H18N2O/c1-2-9-19-17(16-8-5-10-20-16)15-12-18-11-13-6-3-4-7-14(13)15/h3-8,10-12,17,19H,2,9H2,1H3. The molecule has 1 atom stereocenters. The fraction of sp³-hybridized carbons (Fsp3) is 0.235. The molecule has 0 radical (unpaired) electrons. The predicted molar refractivity (Wildman–Crippen MR) is 80.6 cm³/mol. The van der Waals surface area contributed by atoms with Crippen LogP contribution >= 0.6 is 0 Å². The first-order chi connectivity index (χ1) is 9.90. The van der Waals surface area contributed by atoms with Crippen LogP contribution in [-0.2, 0) is 0 Å². The SMILES string of the molecule is CCCNC(c1ccco1)c1cncc2ccccc12. The molecule has 0 saturated heterocycles. The number of aromatic nitrogens is 1. The van der Waals surface area contributed by atoms with E-state index in [0.29, 0.717) is 0 Å². The lowest BCUT2D eigenvalue weighted by molar-refractivity contribution is 0.447. The van der Waals surface area contributed by atoms with E-state index in [2.05, 4.69) is 35.4 Å². The van der Waals surface area contributed by atoms with E-state index in [1.54, 1.807) is 6.26 Å². The molecule has 102 valence electrons. The Morgan fingerprint density at radius 3 is 2.85 bits per heavy atom. The molecule has 1 unspecified atom stereocenters. The van der Waals surface area contributed by atoms with Crippen molar-refractivity contribution < 1.29 is 4.42 Å². The van der Waals surface area contributed by atoms with Crippen LogP contribution in [0.25, 0.3) is 10.8 Å². The first-order valence-corrected chi connectivity index (χ1v) is 6.99. The van der Waals surface area contributed by atoms with Crippen molar-refractivity contribution in [2.45, 2.75) is 19.4 Å². The minimum atomic E-state index is 0.0450. The number of pyridine rings is 1. The Morgan fingerprint density at radius 1 is 1.15 bits per heavy atom. The minimum Gasteiger partial charge on any atom is -0.467 e. The fourth-order valence-corrected chi connectivity index (χ4v) is 2.48. The molecule has 0 amide bonds. The molecule has 3 nitrogen and oxygen atoms in total. The van der Waals surface area contributed by atoms with Crippen molar-refractivity contribution in [3.8, 4) is 0 Å². The molecule has 0 fully saturated rings. The highest BCUT2D eigenvalue weighted by atomic mass is 16.3. The van der Waals surface area contributed by atoms with Crippen LogP contribution in [0.1, 0.15) is 30.7 Å². The van der Waals surface area contributed by atoms with Gasteiger partial charge in [-0.25, -0.2) is 0 Å². The summed E-state index contributed by atoms with van der Waals surface area (Å²) in [5.41, 5.74) is 1.16. The first-order valence-electron chi connectivity index (χ1n) is 6.99. The predicted octanol–water partition coefficient (Wildman–Crippen LogP) is 3.92. The maximum absolute atomic E-state index is 5.61. The molecular weight excluding hydrogens is 248 g/mol. The van der Waals surface area contributed by atoms with Crippen LogP contribution in [0, 0.1) is 0 Å². The molecule has 0 spiro atoms. The number of nitrogens with zero attached hydrogens (tertiary/aromatic N) is 1. The van der Waals surface area contributed by atoms with Crippen LogP contribution in [0.3, 0.4) is 0 Å². The third-order valence-corrected chi connectivity index (χ3v) is 3.44. The monoisotopic (exact) mass is 266 g/mol. The Labute approximate surface area is 118 Å². The molecule has 0 bridgehead atoms. The van der Waals surface area contributed by atoms with Crippen molar-refractivity contribution in [3.63, 3.8) is 0 Å². The van der Waals surface area contributed by atoms with Gasteiger partial charge in [-0.05, 0) is 30.5 Å². The lowest BCUT2D eigenvalue weighted by atomic mass is 10.00. The van der Waals surface area contributed by atoms with Crippen LogP contribution in [0.15, 0.2) is 59.5 Å². The van der Waals surface area contributed by atoms with Crippen LogP contribution < -0.4 is 5.32 Å². The Hall–Kier alpha value is -2.13. The summed E-state index contributed by atoms with van der Waals surface area (Å²) in [7, 11) is 0. The zero-order chi connectivity index (χ0) is 13.8. The van der Waals surface area contributed by atoms with Gasteiger partial charge in [-0.1, -0.05) is 31.2 Å². The van der Waals surface area contributed by atoms with Gasteiger partial charge in [0.25, 0.3) is 0 Å². The minimum absolute atomic E-state index is 0.0450. The quantitative estimate of drug-likeness (QED) is 0.760. The van der Waals surface area contributed by atoms with Gasteiger partial charge in [0.1, 0.15) is 5.76 Å². The summed E-state index contributed by atoms with van der Waals surface area (Å²) >= 11 is 0. The van der Waals surface area contributed by atoms with Gasteiger partial charge in [0.15, 0.2) is 0 Å². The molecule has 0 aliphatic heterocycles. The maximum Gasteiger partial charge on any atom is 0.125 e. The van der Waals surface area contributed by atoms with Crippen LogP contribution in [0.5, 0.6) is 0 Å². The topological polar surface area (TPSA) is 38.1 Å². The van der Waals surface area contributed by atoms with Gasteiger partial charge in [-0.3, -0.25) is 4.98 Å². The van der Waals surface area contributed by atoms with Crippen LogP contribution in [0.2, 0.25) is 0 Å². The Morgan fingerprint density at radius 2 is 2.05 bits per heavy atom. The summed E-state index contributed by atoms with van der Waals surface area (Å²) in [6, 6.07) is 12.3. The van der Waals surface area contributed by atoms with E-state index in [0.717, 1.165) is 29.7 Å². The third-order valence-electron chi connectivity index (χ3n) is 3.44. The molecule has 0 saturated carbocycles. The summed E-state index contributed by atoms with van der Waals surface area (Å²) in [6.07, 6.45) is 6.62. The van der Waals surface area contributed by atoms with Gasteiger partial charge in [-0.2, -0.15) is 0 Å². The highest BCUT2D eigenvalue weighted by Gasteiger charge is 2.18. The number of furan rings is 1. The molecule has 3 aromatic rings. The van der Waals surface area contributed by atoms with Gasteiger partial charge in [0.05, 0.1) is 12.3 Å². The largest absolute Gasteiger partial charge is 0.467 e. The summed E-state index contributed by atoms with van der Waals surface area (Å²) in [5.74, 6) is 0.927. The van der Waals surface area contributed by atoms with E-state index in [9.17, 15) is 0 Å². The third kappa shape index (κ3) is 2.45. The number of fused-ring (bicyclic) bond motifs is 1. The zero-order valence-corrected chi connectivity index (χ0v) is 11.5. The number of rotatable bonds is 5. The van der Waals surface area contributed by atoms with Crippen molar-refractivity contribution in [1.29, 1.82) is 0 Å². The summed E-state index contributed by atoms with van der Waals surface area (Å²) in [6.45, 7) is 3.10. The van der Waals surface area contributed by atoms with Crippen molar-refractivity contribution >= 4 is 10.8 Å². The number of benzene rings is 1. The molecule has 0 aliphatic carbocycles. The fourth-order valence-electron chi connectivity index (χ4n) is 2.48. The van der Waals surface area contributed by atoms with E-state index < -0.39 is 0 Å². The van der Waals surface area contributed by atoms with E-state index in [-0.39, 0.29) is 6.04 Å². The normalized spacial score (nSPS) is 12.7. The highest BCUT2D eigenvalue weighted by molar-refractivity contribution is 5.85. The zero-order valence-electron chi connectivity index (χ0n) is 11.5. The Bertz CT molecular complexity index is 671. The second-order valence-electron chi connectivity index (χ2n) is 4.85. The second kappa shape index (κ2) is 5.88. The average Bonchev–Trinajstić information content (AvgIpc) is 3.02. The molecule has 2 heterocycles. The summed E-state index contributed by atoms with van der Waals surface area (Å²) in [4.78, 5) is 4.37. The molecule has 3 rings (SSSR count). The van der Waals surface area contributed by atoms with Crippen molar-refractivity contribution in [3.05, 3.63) is 66.4 Å². The van der Waals surface area contributed by atoms with Crippen LogP contribution in [-0.4, -0.2) is 11.5 Å². The average molecular weight is 266 g/mol. The van der Waals surface area contributed by atoms with E-state index in [1.807, 2.05) is 30.6 Å². The molecule has 3 heteroatoms.